The lowest BCUT2D eigenvalue weighted by Crippen LogP contribution is -2.46. The molecule has 1 amide bonds. The fourth-order valence-corrected chi connectivity index (χ4v) is 4.13. The molecule has 1 spiro atoms. The molecule has 3 N–H and O–H groups in total. The average molecular weight is 384 g/mol. The van der Waals surface area contributed by atoms with Crippen LogP contribution in [0.5, 0.6) is 0 Å². The number of amides is 1. The van der Waals surface area contributed by atoms with Crippen molar-refractivity contribution >= 4 is 29.0 Å². The zero-order valence-corrected chi connectivity index (χ0v) is 15.8. The third kappa shape index (κ3) is 3.70. The normalized spacial score (nSPS) is 19.5. The zero-order valence-electron chi connectivity index (χ0n) is 15.0. The van der Waals surface area contributed by atoms with Gasteiger partial charge in [-0.25, -0.2) is 0 Å². The maximum absolute atomic E-state index is 11.6. The highest BCUT2D eigenvalue weighted by atomic mass is 35.5. The Morgan fingerprint density at radius 3 is 2.78 bits per heavy atom. The number of halogens is 1. The highest BCUT2D eigenvalue weighted by Crippen LogP contribution is 2.42. The van der Waals surface area contributed by atoms with Crippen LogP contribution >= 0.6 is 11.6 Å². The number of anilines is 1. The summed E-state index contributed by atoms with van der Waals surface area (Å²) in [5.41, 5.74) is 9.07. The van der Waals surface area contributed by atoms with Crippen molar-refractivity contribution < 1.29 is 9.53 Å². The zero-order chi connectivity index (χ0) is 18.9. The van der Waals surface area contributed by atoms with Crippen LogP contribution in [-0.2, 0) is 17.7 Å². The molecule has 27 heavy (non-hydrogen) atoms. The maximum Gasteiger partial charge on any atom is 0.248 e. The van der Waals surface area contributed by atoms with E-state index in [0.717, 1.165) is 46.9 Å². The van der Waals surface area contributed by atoms with Gasteiger partial charge in [-0.1, -0.05) is 23.7 Å². The minimum Gasteiger partial charge on any atom is -0.381 e. The van der Waals surface area contributed by atoms with Gasteiger partial charge in [-0.05, 0) is 60.7 Å². The van der Waals surface area contributed by atoms with Crippen LogP contribution in [0.15, 0.2) is 47.5 Å². The summed E-state index contributed by atoms with van der Waals surface area (Å²) in [5.74, 6) is 0.587. The smallest absolute Gasteiger partial charge is 0.248 e. The summed E-state index contributed by atoms with van der Waals surface area (Å²) in [7, 11) is 0. The van der Waals surface area contributed by atoms with Gasteiger partial charge in [-0.2, -0.15) is 0 Å². The Hall–Kier alpha value is -2.37. The van der Waals surface area contributed by atoms with Crippen LogP contribution in [0.2, 0.25) is 5.02 Å². The molecule has 2 aromatic rings. The number of fused-ring (bicyclic) bond motifs is 1. The lowest BCUT2D eigenvalue weighted by atomic mass is 9.71. The first-order chi connectivity index (χ1) is 13.1. The molecule has 140 valence electrons. The number of benzene rings is 2. The van der Waals surface area contributed by atoms with E-state index in [1.165, 1.54) is 0 Å². The maximum atomic E-state index is 11.6. The minimum absolute atomic E-state index is 0.0971. The third-order valence-corrected chi connectivity index (χ3v) is 5.67. The molecule has 1 saturated heterocycles. The molecule has 1 fully saturated rings. The quantitative estimate of drug-likeness (QED) is 0.846. The van der Waals surface area contributed by atoms with E-state index >= 15 is 0 Å². The molecular weight excluding hydrogens is 362 g/mol. The predicted octanol–water partition coefficient (Wildman–Crippen LogP) is 3.80. The van der Waals surface area contributed by atoms with Gasteiger partial charge in [0.25, 0.3) is 0 Å². The summed E-state index contributed by atoms with van der Waals surface area (Å²) in [6, 6.07) is 13.3. The molecule has 0 radical (unpaired) electrons. The largest absolute Gasteiger partial charge is 0.381 e. The molecule has 2 aliphatic heterocycles. The molecule has 0 bridgehead atoms. The fraction of sp³-hybridized carbons (Fsp3) is 0.333. The number of hydrogen-bond donors (Lipinski definition) is 2. The summed E-state index contributed by atoms with van der Waals surface area (Å²) >= 11 is 6.10. The van der Waals surface area contributed by atoms with Gasteiger partial charge in [0, 0.05) is 34.9 Å². The van der Waals surface area contributed by atoms with Crippen LogP contribution in [0.3, 0.4) is 0 Å². The minimum atomic E-state index is -0.403. The van der Waals surface area contributed by atoms with Crippen molar-refractivity contribution in [1.29, 1.82) is 0 Å². The van der Waals surface area contributed by atoms with Gasteiger partial charge in [0.1, 0.15) is 5.84 Å². The van der Waals surface area contributed by atoms with Gasteiger partial charge < -0.3 is 15.8 Å². The molecule has 0 aromatic heterocycles. The number of rotatable bonds is 3. The number of carbonyl (C=O) groups excluding carboxylic acids is 1. The van der Waals surface area contributed by atoms with E-state index in [1.807, 2.05) is 36.4 Å². The monoisotopic (exact) mass is 383 g/mol. The number of aliphatic imine (C=N–C) groups is 1. The average Bonchev–Trinajstić information content (AvgIpc) is 2.66. The van der Waals surface area contributed by atoms with E-state index in [2.05, 4.69) is 5.32 Å². The molecule has 2 aromatic carbocycles. The molecule has 0 saturated carbocycles. The summed E-state index contributed by atoms with van der Waals surface area (Å²) in [6.45, 7) is 1.99. The van der Waals surface area contributed by atoms with Crippen molar-refractivity contribution in [3.63, 3.8) is 0 Å². The number of ether oxygens (including phenoxy) is 1. The van der Waals surface area contributed by atoms with Crippen molar-refractivity contribution in [1.82, 2.24) is 0 Å². The lowest BCUT2D eigenvalue weighted by Gasteiger charge is -2.42. The highest BCUT2D eigenvalue weighted by Gasteiger charge is 2.41. The van der Waals surface area contributed by atoms with Crippen LogP contribution in [0.25, 0.3) is 0 Å². The van der Waals surface area contributed by atoms with Gasteiger partial charge in [-0.3, -0.25) is 9.79 Å². The Balaban J connectivity index is 1.68. The predicted molar refractivity (Wildman–Crippen MR) is 107 cm³/mol. The number of nitrogens with zero attached hydrogens (tertiary/aromatic N) is 1. The van der Waals surface area contributed by atoms with Crippen LogP contribution < -0.4 is 11.1 Å². The van der Waals surface area contributed by atoms with E-state index in [4.69, 9.17) is 27.1 Å². The molecular formula is C21H22ClN3O2. The Bertz CT molecular complexity index is 904. The van der Waals surface area contributed by atoms with Crippen LogP contribution in [0, 0.1) is 5.41 Å². The van der Waals surface area contributed by atoms with E-state index in [9.17, 15) is 4.79 Å². The van der Waals surface area contributed by atoms with Gasteiger partial charge in [0.05, 0.1) is 6.54 Å². The van der Waals surface area contributed by atoms with Gasteiger partial charge >= 0.3 is 0 Å². The Labute approximate surface area is 163 Å². The lowest BCUT2D eigenvalue weighted by molar-refractivity contribution is 0.0448. The molecule has 2 aliphatic rings. The first-order valence-electron chi connectivity index (χ1n) is 9.13. The third-order valence-electron chi connectivity index (χ3n) is 5.43. The van der Waals surface area contributed by atoms with Crippen molar-refractivity contribution in [3.05, 3.63) is 64.2 Å². The highest BCUT2D eigenvalue weighted by molar-refractivity contribution is 6.30. The van der Waals surface area contributed by atoms with Crippen LogP contribution in [-0.4, -0.2) is 25.0 Å². The Kier molecular flexibility index (Phi) is 4.89. The van der Waals surface area contributed by atoms with E-state index in [-0.39, 0.29) is 5.41 Å². The number of amidine groups is 1. The van der Waals surface area contributed by atoms with Crippen molar-refractivity contribution in [2.24, 2.45) is 16.1 Å². The molecule has 2 heterocycles. The standard InChI is InChI=1S/C21H22ClN3O2/c22-17-3-1-2-14(10-17)13-24-20-21(6-8-27-9-7-21)12-16-11-15(19(23)26)4-5-18(16)25-20/h1-5,10-11H,6-9,12-13H2,(H2,23,26)(H,24,25). The van der Waals surface area contributed by atoms with E-state index in [1.54, 1.807) is 6.07 Å². The molecule has 6 heteroatoms. The molecule has 5 nitrogen and oxygen atoms in total. The first-order valence-corrected chi connectivity index (χ1v) is 9.50. The molecule has 0 aliphatic carbocycles. The summed E-state index contributed by atoms with van der Waals surface area (Å²) in [5, 5.41) is 4.23. The number of carbonyl (C=O) groups is 1. The molecule has 0 atom stereocenters. The SMILES string of the molecule is NC(=O)c1ccc2c(c1)CC1(CCOCC1)C(=NCc1cccc(Cl)c1)N2. The van der Waals surface area contributed by atoms with Crippen LogP contribution in [0.4, 0.5) is 5.69 Å². The Morgan fingerprint density at radius 2 is 2.04 bits per heavy atom. The van der Waals surface area contributed by atoms with Gasteiger partial charge in [0.15, 0.2) is 0 Å². The number of primary amides is 1. The summed E-state index contributed by atoms with van der Waals surface area (Å²) < 4.78 is 5.60. The number of nitrogens with two attached hydrogens (primary N) is 1. The van der Waals surface area contributed by atoms with Crippen molar-refractivity contribution in [3.8, 4) is 0 Å². The second-order valence-corrected chi connectivity index (χ2v) is 7.66. The summed E-state index contributed by atoms with van der Waals surface area (Å²) in [6.07, 6.45) is 2.62. The van der Waals surface area contributed by atoms with E-state index < -0.39 is 5.91 Å². The summed E-state index contributed by atoms with van der Waals surface area (Å²) in [4.78, 5) is 16.5. The number of nitrogens with one attached hydrogen (secondary N) is 1. The van der Waals surface area contributed by atoms with E-state index in [0.29, 0.717) is 25.3 Å². The van der Waals surface area contributed by atoms with Crippen LogP contribution in [0.1, 0.15) is 34.3 Å². The van der Waals surface area contributed by atoms with Crippen molar-refractivity contribution in [2.75, 3.05) is 18.5 Å². The first kappa shape index (κ1) is 18.0. The molecule has 0 unspecified atom stereocenters. The fourth-order valence-electron chi connectivity index (χ4n) is 3.91. The molecule has 4 rings (SSSR count). The van der Waals surface area contributed by atoms with Gasteiger partial charge in [0.2, 0.25) is 5.91 Å². The second-order valence-electron chi connectivity index (χ2n) is 7.23. The van der Waals surface area contributed by atoms with Crippen molar-refractivity contribution in [2.45, 2.75) is 25.8 Å². The second kappa shape index (κ2) is 7.33. The van der Waals surface area contributed by atoms with Gasteiger partial charge in [-0.15, -0.1) is 0 Å². The number of hydrogen-bond acceptors (Lipinski definition) is 3. The Morgan fingerprint density at radius 1 is 1.22 bits per heavy atom. The topological polar surface area (TPSA) is 76.7 Å².